The lowest BCUT2D eigenvalue weighted by Crippen LogP contribution is -1.84. The molecule has 0 amide bonds. The van der Waals surface area contributed by atoms with Crippen LogP contribution in [-0.2, 0) is 0 Å². The molecule has 100 valence electrons. The van der Waals surface area contributed by atoms with Crippen molar-refractivity contribution >= 4 is 11.8 Å². The molecule has 0 unspecified atom stereocenters. The van der Waals surface area contributed by atoms with Gasteiger partial charge in [0.05, 0.1) is 5.56 Å². The summed E-state index contributed by atoms with van der Waals surface area (Å²) >= 11 is 1.73. The maximum absolute atomic E-state index is 5.41. The summed E-state index contributed by atoms with van der Waals surface area (Å²) in [7, 11) is 0. The molecule has 0 radical (unpaired) electrons. The maximum Gasteiger partial charge on any atom is 0.142 e. The van der Waals surface area contributed by atoms with E-state index in [9.17, 15) is 0 Å². The number of aryl methyl sites for hydroxylation is 1. The Bertz CT molecular complexity index is 702. The Hall–Kier alpha value is -2.00. The molecule has 0 N–H and O–H groups in total. The summed E-state index contributed by atoms with van der Waals surface area (Å²) in [5, 5.41) is 4.24. The summed E-state index contributed by atoms with van der Waals surface area (Å²) in [4.78, 5) is 1.25. The minimum atomic E-state index is 0.847. The quantitative estimate of drug-likeness (QED) is 0.629. The Morgan fingerprint density at radius 2 is 1.60 bits per heavy atom. The van der Waals surface area contributed by atoms with Gasteiger partial charge >= 0.3 is 0 Å². The summed E-state index contributed by atoms with van der Waals surface area (Å²) in [6.07, 6.45) is 2.07. The van der Waals surface area contributed by atoms with Crippen LogP contribution in [0.1, 0.15) is 5.76 Å². The fourth-order valence-corrected chi connectivity index (χ4v) is 2.67. The van der Waals surface area contributed by atoms with Crippen LogP contribution in [0.4, 0.5) is 0 Å². The normalized spacial score (nSPS) is 10.7. The van der Waals surface area contributed by atoms with E-state index in [0.29, 0.717) is 0 Å². The lowest BCUT2D eigenvalue weighted by atomic mass is 10.00. The molecule has 3 aromatic rings. The Labute approximate surface area is 122 Å². The van der Waals surface area contributed by atoms with Gasteiger partial charge in [-0.2, -0.15) is 0 Å². The molecule has 1 aromatic heterocycles. The van der Waals surface area contributed by atoms with E-state index in [1.54, 1.807) is 11.8 Å². The highest BCUT2D eigenvalue weighted by molar-refractivity contribution is 7.98. The summed E-state index contributed by atoms with van der Waals surface area (Å²) in [6.45, 7) is 1.95. The highest BCUT2D eigenvalue weighted by Gasteiger charge is 2.16. The minimum absolute atomic E-state index is 0.847. The molecular formula is C17H15NOS. The molecule has 0 aliphatic rings. The van der Waals surface area contributed by atoms with Crippen LogP contribution >= 0.6 is 11.8 Å². The fourth-order valence-electron chi connectivity index (χ4n) is 2.26. The van der Waals surface area contributed by atoms with Gasteiger partial charge in [0.2, 0.25) is 0 Å². The second-order valence-electron chi connectivity index (χ2n) is 4.56. The van der Waals surface area contributed by atoms with Crippen LogP contribution in [0.25, 0.3) is 22.4 Å². The van der Waals surface area contributed by atoms with Crippen molar-refractivity contribution in [2.24, 2.45) is 0 Å². The van der Waals surface area contributed by atoms with Crippen LogP contribution in [0.5, 0.6) is 0 Å². The van der Waals surface area contributed by atoms with Crippen LogP contribution < -0.4 is 0 Å². The third-order valence-corrected chi connectivity index (χ3v) is 4.03. The third kappa shape index (κ3) is 2.37. The van der Waals surface area contributed by atoms with Gasteiger partial charge in [0.15, 0.2) is 0 Å². The second-order valence-corrected chi connectivity index (χ2v) is 5.44. The Balaban J connectivity index is 2.11. The highest BCUT2D eigenvalue weighted by Crippen LogP contribution is 2.34. The predicted octanol–water partition coefficient (Wildman–Crippen LogP) is 5.04. The Morgan fingerprint density at radius 1 is 0.900 bits per heavy atom. The smallest absolute Gasteiger partial charge is 0.142 e. The standard InChI is InChI=1S/C17H15NOS/c1-12-16(13-6-4-3-5-7-13)17(18-19-12)14-8-10-15(20-2)11-9-14/h3-11H,1-2H3. The van der Waals surface area contributed by atoms with E-state index in [1.165, 1.54) is 4.90 Å². The fraction of sp³-hybridized carbons (Fsp3) is 0.118. The van der Waals surface area contributed by atoms with Gasteiger partial charge in [0, 0.05) is 10.5 Å². The van der Waals surface area contributed by atoms with E-state index in [4.69, 9.17) is 4.52 Å². The number of benzene rings is 2. The summed E-state index contributed by atoms with van der Waals surface area (Å²) in [5.41, 5.74) is 4.19. The van der Waals surface area contributed by atoms with E-state index in [-0.39, 0.29) is 0 Å². The van der Waals surface area contributed by atoms with Crippen molar-refractivity contribution in [2.75, 3.05) is 6.26 Å². The van der Waals surface area contributed by atoms with Gasteiger partial charge in [0.25, 0.3) is 0 Å². The topological polar surface area (TPSA) is 26.0 Å². The number of hydrogen-bond donors (Lipinski definition) is 0. The molecule has 0 saturated heterocycles. The molecular weight excluding hydrogens is 266 g/mol. The van der Waals surface area contributed by atoms with Gasteiger partial charge in [-0.25, -0.2) is 0 Å². The SMILES string of the molecule is CSc1ccc(-c2noc(C)c2-c2ccccc2)cc1. The molecule has 0 aliphatic heterocycles. The van der Waals surface area contributed by atoms with Crippen molar-refractivity contribution in [1.29, 1.82) is 0 Å². The molecule has 3 rings (SSSR count). The van der Waals surface area contributed by atoms with Crippen molar-refractivity contribution in [3.8, 4) is 22.4 Å². The van der Waals surface area contributed by atoms with E-state index in [1.807, 2.05) is 25.1 Å². The second kappa shape index (κ2) is 5.55. The molecule has 0 aliphatic carbocycles. The predicted molar refractivity (Wildman–Crippen MR) is 83.9 cm³/mol. The molecule has 2 nitrogen and oxygen atoms in total. The van der Waals surface area contributed by atoms with Gasteiger partial charge in [0.1, 0.15) is 11.5 Å². The molecule has 0 spiro atoms. The zero-order valence-electron chi connectivity index (χ0n) is 11.5. The molecule has 0 fully saturated rings. The molecule has 2 aromatic carbocycles. The summed E-state index contributed by atoms with van der Waals surface area (Å²) in [5.74, 6) is 0.847. The number of thioether (sulfide) groups is 1. The lowest BCUT2D eigenvalue weighted by Gasteiger charge is -2.04. The van der Waals surface area contributed by atoms with Gasteiger partial charge in [-0.05, 0) is 30.9 Å². The highest BCUT2D eigenvalue weighted by atomic mass is 32.2. The van der Waals surface area contributed by atoms with Crippen LogP contribution in [0.15, 0.2) is 64.0 Å². The number of hydrogen-bond acceptors (Lipinski definition) is 3. The maximum atomic E-state index is 5.41. The molecule has 1 heterocycles. The van der Waals surface area contributed by atoms with Gasteiger partial charge in [-0.3, -0.25) is 0 Å². The zero-order valence-corrected chi connectivity index (χ0v) is 12.3. The van der Waals surface area contributed by atoms with E-state index in [0.717, 1.165) is 28.1 Å². The molecule has 0 atom stereocenters. The molecule has 3 heteroatoms. The van der Waals surface area contributed by atoms with Crippen LogP contribution in [-0.4, -0.2) is 11.4 Å². The third-order valence-electron chi connectivity index (χ3n) is 3.29. The first kappa shape index (κ1) is 13.0. The molecule has 20 heavy (non-hydrogen) atoms. The van der Waals surface area contributed by atoms with Crippen molar-refractivity contribution in [3.63, 3.8) is 0 Å². The number of rotatable bonds is 3. The minimum Gasteiger partial charge on any atom is -0.360 e. The lowest BCUT2D eigenvalue weighted by molar-refractivity contribution is 0.400. The van der Waals surface area contributed by atoms with Crippen LogP contribution in [0.3, 0.4) is 0 Å². The van der Waals surface area contributed by atoms with Crippen LogP contribution in [0.2, 0.25) is 0 Å². The molecule has 0 bridgehead atoms. The van der Waals surface area contributed by atoms with Crippen molar-refractivity contribution < 1.29 is 4.52 Å². The van der Waals surface area contributed by atoms with Crippen molar-refractivity contribution in [2.45, 2.75) is 11.8 Å². The van der Waals surface area contributed by atoms with E-state index < -0.39 is 0 Å². The largest absolute Gasteiger partial charge is 0.360 e. The van der Waals surface area contributed by atoms with Crippen molar-refractivity contribution in [1.82, 2.24) is 5.16 Å². The number of nitrogens with zero attached hydrogens (tertiary/aromatic N) is 1. The monoisotopic (exact) mass is 281 g/mol. The first-order valence-corrected chi connectivity index (χ1v) is 7.68. The summed E-state index contributed by atoms with van der Waals surface area (Å²) < 4.78 is 5.41. The van der Waals surface area contributed by atoms with Crippen molar-refractivity contribution in [3.05, 3.63) is 60.4 Å². The van der Waals surface area contributed by atoms with Crippen LogP contribution in [0, 0.1) is 6.92 Å². The average molecular weight is 281 g/mol. The van der Waals surface area contributed by atoms with Gasteiger partial charge in [-0.15, -0.1) is 11.8 Å². The first-order valence-electron chi connectivity index (χ1n) is 6.45. The Kier molecular flexibility index (Phi) is 3.61. The zero-order chi connectivity index (χ0) is 13.9. The Morgan fingerprint density at radius 3 is 2.25 bits per heavy atom. The van der Waals surface area contributed by atoms with E-state index in [2.05, 4.69) is 47.8 Å². The van der Waals surface area contributed by atoms with Gasteiger partial charge in [-0.1, -0.05) is 47.6 Å². The number of aromatic nitrogens is 1. The van der Waals surface area contributed by atoms with Gasteiger partial charge < -0.3 is 4.52 Å². The first-order chi connectivity index (χ1) is 9.79. The van der Waals surface area contributed by atoms with E-state index >= 15 is 0 Å². The average Bonchev–Trinajstić information content (AvgIpc) is 2.90. The molecule has 0 saturated carbocycles. The summed E-state index contributed by atoms with van der Waals surface area (Å²) in [6, 6.07) is 18.6.